The maximum absolute atomic E-state index is 12.7. The molecule has 0 aliphatic carbocycles. The zero-order valence-electron chi connectivity index (χ0n) is 16.4. The summed E-state index contributed by atoms with van der Waals surface area (Å²) < 4.78 is 0. The number of hydrogen-bond acceptors (Lipinski definition) is 5. The monoisotopic (exact) mass is 396 g/mol. The van der Waals surface area contributed by atoms with Gasteiger partial charge in [-0.1, -0.05) is 20.8 Å². The average Bonchev–Trinajstić information content (AvgIpc) is 3.33. The topological polar surface area (TPSA) is 79.0 Å². The smallest absolute Gasteiger partial charge is 0.254 e. The van der Waals surface area contributed by atoms with Gasteiger partial charge >= 0.3 is 0 Å². The van der Waals surface area contributed by atoms with Gasteiger partial charge in [-0.15, -0.1) is 11.3 Å². The van der Waals surface area contributed by atoms with Crippen LogP contribution in [0.4, 0.5) is 0 Å². The molecule has 1 saturated heterocycles. The summed E-state index contributed by atoms with van der Waals surface area (Å²) in [6.07, 6.45) is 6.71. The number of amides is 1. The summed E-state index contributed by atoms with van der Waals surface area (Å²) in [5, 5.41) is 1.89. The van der Waals surface area contributed by atoms with Crippen molar-refractivity contribution >= 4 is 34.2 Å². The van der Waals surface area contributed by atoms with E-state index in [0.29, 0.717) is 28.0 Å². The lowest BCUT2D eigenvalue weighted by molar-refractivity contribution is 0.0724. The van der Waals surface area contributed by atoms with Crippen LogP contribution in [0.5, 0.6) is 0 Å². The molecule has 1 aliphatic heterocycles. The van der Waals surface area contributed by atoms with E-state index in [1.807, 2.05) is 37.1 Å². The zero-order valence-corrected chi connectivity index (χ0v) is 17.2. The van der Waals surface area contributed by atoms with Crippen molar-refractivity contribution in [2.75, 3.05) is 13.1 Å². The summed E-state index contributed by atoms with van der Waals surface area (Å²) in [5.74, 6) is 0.110. The van der Waals surface area contributed by atoms with E-state index >= 15 is 0 Å². The Kier molecular flexibility index (Phi) is 4.79. The van der Waals surface area contributed by atoms with Crippen LogP contribution >= 0.6 is 11.3 Å². The number of nitrogens with one attached hydrogen (secondary N) is 1. The molecule has 1 amide bonds. The normalized spacial score (nSPS) is 15.2. The predicted molar refractivity (Wildman–Crippen MR) is 111 cm³/mol. The number of rotatable bonds is 3. The summed E-state index contributed by atoms with van der Waals surface area (Å²) in [6.45, 7) is 7.34. The van der Waals surface area contributed by atoms with E-state index in [2.05, 4.69) is 9.97 Å². The van der Waals surface area contributed by atoms with Gasteiger partial charge in [-0.3, -0.25) is 9.59 Å². The number of ketones is 1. The molecular formula is C21H24N4O2S. The molecule has 0 saturated carbocycles. The number of Topliss-reactive ketones (excluding diaryl/α,β-unsaturated/α-hetero) is 1. The lowest BCUT2D eigenvalue weighted by Crippen LogP contribution is -2.35. The molecule has 6 nitrogen and oxygen atoms in total. The summed E-state index contributed by atoms with van der Waals surface area (Å²) >= 11 is 1.48. The van der Waals surface area contributed by atoms with Gasteiger partial charge in [-0.25, -0.2) is 9.97 Å². The second-order valence-electron chi connectivity index (χ2n) is 8.29. The van der Waals surface area contributed by atoms with Crippen molar-refractivity contribution in [2.45, 2.75) is 40.0 Å². The SMILES string of the molecule is CC(C)(C)C(=O)c1c[nH]c2ncc(-c3cc(C(=O)N4CCCCC4)cs3)nc12. The van der Waals surface area contributed by atoms with Crippen molar-refractivity contribution < 1.29 is 9.59 Å². The van der Waals surface area contributed by atoms with Gasteiger partial charge in [0, 0.05) is 30.1 Å². The van der Waals surface area contributed by atoms with E-state index in [0.717, 1.165) is 30.8 Å². The molecule has 1 fully saturated rings. The molecule has 3 aromatic heterocycles. The van der Waals surface area contributed by atoms with Crippen molar-refractivity contribution in [2.24, 2.45) is 5.41 Å². The molecule has 0 aromatic carbocycles. The first-order valence-corrected chi connectivity index (χ1v) is 10.5. The Morgan fingerprint density at radius 3 is 2.64 bits per heavy atom. The second-order valence-corrected chi connectivity index (χ2v) is 9.20. The molecule has 0 bridgehead atoms. The molecule has 3 aromatic rings. The molecular weight excluding hydrogens is 372 g/mol. The Hall–Kier alpha value is -2.54. The number of piperidine rings is 1. The molecule has 0 radical (unpaired) electrons. The van der Waals surface area contributed by atoms with E-state index < -0.39 is 5.41 Å². The molecule has 146 valence electrons. The van der Waals surface area contributed by atoms with Crippen LogP contribution in [0.2, 0.25) is 0 Å². The van der Waals surface area contributed by atoms with Gasteiger partial charge in [0.15, 0.2) is 11.4 Å². The Labute approximate surface area is 168 Å². The lowest BCUT2D eigenvalue weighted by Gasteiger charge is -2.26. The first-order chi connectivity index (χ1) is 13.3. The summed E-state index contributed by atoms with van der Waals surface area (Å²) in [7, 11) is 0. The third-order valence-electron chi connectivity index (χ3n) is 5.05. The van der Waals surface area contributed by atoms with Crippen LogP contribution in [0.1, 0.15) is 60.7 Å². The minimum absolute atomic E-state index is 0.0253. The van der Waals surface area contributed by atoms with Gasteiger partial charge in [0.05, 0.1) is 27.9 Å². The largest absolute Gasteiger partial charge is 0.344 e. The summed E-state index contributed by atoms with van der Waals surface area (Å²) in [5.41, 5.74) is 2.61. The number of H-pyrrole nitrogens is 1. The van der Waals surface area contributed by atoms with Crippen LogP contribution in [0.3, 0.4) is 0 Å². The lowest BCUT2D eigenvalue weighted by atomic mass is 9.87. The van der Waals surface area contributed by atoms with Gasteiger partial charge in [0.1, 0.15) is 5.52 Å². The highest BCUT2D eigenvalue weighted by molar-refractivity contribution is 7.13. The first-order valence-electron chi connectivity index (χ1n) is 9.62. The van der Waals surface area contributed by atoms with E-state index in [-0.39, 0.29) is 11.7 Å². The first kappa shape index (κ1) is 18.8. The highest BCUT2D eigenvalue weighted by atomic mass is 32.1. The van der Waals surface area contributed by atoms with Crippen LogP contribution in [-0.2, 0) is 0 Å². The van der Waals surface area contributed by atoms with E-state index in [1.165, 1.54) is 17.8 Å². The molecule has 1 N–H and O–H groups in total. The number of nitrogens with zero attached hydrogens (tertiary/aromatic N) is 3. The Bertz CT molecular complexity index is 1040. The fraction of sp³-hybridized carbons (Fsp3) is 0.429. The van der Waals surface area contributed by atoms with Crippen LogP contribution < -0.4 is 0 Å². The predicted octanol–water partition coefficient (Wildman–Crippen LogP) is 4.54. The molecule has 28 heavy (non-hydrogen) atoms. The third kappa shape index (κ3) is 3.46. The molecule has 4 rings (SSSR count). The zero-order chi connectivity index (χ0) is 19.9. The van der Waals surface area contributed by atoms with E-state index in [9.17, 15) is 9.59 Å². The molecule has 0 spiro atoms. The van der Waals surface area contributed by atoms with Crippen molar-refractivity contribution in [3.63, 3.8) is 0 Å². The van der Waals surface area contributed by atoms with Crippen LogP contribution in [0, 0.1) is 5.41 Å². The third-order valence-corrected chi connectivity index (χ3v) is 6.00. The number of likely N-dealkylation sites (tertiary alicyclic amines) is 1. The highest BCUT2D eigenvalue weighted by Gasteiger charge is 2.27. The highest BCUT2D eigenvalue weighted by Crippen LogP contribution is 2.30. The van der Waals surface area contributed by atoms with Gasteiger partial charge < -0.3 is 9.88 Å². The Morgan fingerprint density at radius 1 is 1.18 bits per heavy atom. The number of carbonyl (C=O) groups excluding carboxylic acids is 2. The minimum Gasteiger partial charge on any atom is -0.344 e. The van der Waals surface area contributed by atoms with E-state index in [4.69, 9.17) is 4.98 Å². The maximum Gasteiger partial charge on any atom is 0.254 e. The van der Waals surface area contributed by atoms with Crippen LogP contribution in [0.25, 0.3) is 21.7 Å². The number of thiophene rings is 1. The fourth-order valence-electron chi connectivity index (χ4n) is 3.45. The Morgan fingerprint density at radius 2 is 1.93 bits per heavy atom. The quantitative estimate of drug-likeness (QED) is 0.659. The van der Waals surface area contributed by atoms with Gasteiger partial charge in [-0.05, 0) is 25.3 Å². The fourth-order valence-corrected chi connectivity index (χ4v) is 4.29. The van der Waals surface area contributed by atoms with Gasteiger partial charge in [-0.2, -0.15) is 0 Å². The second kappa shape index (κ2) is 7.13. The Balaban J connectivity index is 1.65. The van der Waals surface area contributed by atoms with Crippen molar-refractivity contribution in [3.8, 4) is 10.6 Å². The number of aromatic amines is 1. The maximum atomic E-state index is 12.7. The van der Waals surface area contributed by atoms with Crippen molar-refractivity contribution in [1.82, 2.24) is 19.9 Å². The van der Waals surface area contributed by atoms with Gasteiger partial charge in [0.2, 0.25) is 0 Å². The summed E-state index contributed by atoms with van der Waals surface area (Å²) in [4.78, 5) is 40.4. The number of fused-ring (bicyclic) bond motifs is 1. The average molecular weight is 397 g/mol. The van der Waals surface area contributed by atoms with Gasteiger partial charge in [0.25, 0.3) is 5.91 Å². The molecule has 7 heteroatoms. The van der Waals surface area contributed by atoms with Crippen LogP contribution in [0.15, 0.2) is 23.8 Å². The number of aromatic nitrogens is 3. The molecule has 0 unspecified atom stereocenters. The molecule has 0 atom stereocenters. The molecule has 1 aliphatic rings. The minimum atomic E-state index is -0.496. The van der Waals surface area contributed by atoms with E-state index in [1.54, 1.807) is 12.4 Å². The number of carbonyl (C=O) groups is 2. The van der Waals surface area contributed by atoms with Crippen molar-refractivity contribution in [3.05, 3.63) is 35.0 Å². The molecule has 4 heterocycles. The van der Waals surface area contributed by atoms with Crippen molar-refractivity contribution in [1.29, 1.82) is 0 Å². The number of hydrogen-bond donors (Lipinski definition) is 1. The summed E-state index contributed by atoms with van der Waals surface area (Å²) in [6, 6.07) is 1.88. The standard InChI is InChI=1S/C21H24N4O2S/c1-21(2,3)18(26)14-10-22-19-17(14)24-15(11-23-19)16-9-13(12-28-16)20(27)25-7-5-4-6-8-25/h9-12H,4-8H2,1-3H3,(H,22,23). The van der Waals surface area contributed by atoms with Crippen LogP contribution in [-0.4, -0.2) is 44.6 Å².